The molecule has 2 aliphatic rings. The van der Waals surface area contributed by atoms with E-state index in [9.17, 15) is 0 Å². The van der Waals surface area contributed by atoms with E-state index in [1.54, 1.807) is 0 Å². The lowest BCUT2D eigenvalue weighted by Gasteiger charge is -2.19. The summed E-state index contributed by atoms with van der Waals surface area (Å²) in [4.78, 5) is 2.64. The number of likely N-dealkylation sites (tertiary alicyclic amines) is 1. The van der Waals surface area contributed by atoms with E-state index in [0.29, 0.717) is 0 Å². The molecule has 0 radical (unpaired) electrons. The van der Waals surface area contributed by atoms with Gasteiger partial charge in [-0.3, -0.25) is 0 Å². The number of hydrogen-bond donors (Lipinski definition) is 1. The van der Waals surface area contributed by atoms with Crippen molar-refractivity contribution in [3.8, 4) is 0 Å². The third-order valence-corrected chi connectivity index (χ3v) is 3.19. The summed E-state index contributed by atoms with van der Waals surface area (Å²) in [5, 5.41) is 3.43. The molecule has 0 aromatic rings. The first-order chi connectivity index (χ1) is 5.84. The fraction of sp³-hybridized carbons (Fsp3) is 1.00. The minimum absolute atomic E-state index is 0.940. The maximum Gasteiger partial charge on any atom is 0.00224 e. The molecule has 0 spiro atoms. The number of hydrogen-bond acceptors (Lipinski definition) is 2. The monoisotopic (exact) mass is 168 g/mol. The summed E-state index contributed by atoms with van der Waals surface area (Å²) in [6, 6.07) is 0. The molecule has 2 unspecified atom stereocenters. The van der Waals surface area contributed by atoms with Crippen LogP contribution in [0.2, 0.25) is 0 Å². The predicted molar refractivity (Wildman–Crippen MR) is 51.2 cm³/mol. The molecule has 0 aliphatic carbocycles. The van der Waals surface area contributed by atoms with Gasteiger partial charge in [0.25, 0.3) is 0 Å². The molecule has 2 nitrogen and oxygen atoms in total. The third kappa shape index (κ3) is 1.99. The molecule has 2 fully saturated rings. The molecule has 2 atom stereocenters. The Bertz CT molecular complexity index is 141. The Morgan fingerprint density at radius 1 is 1.42 bits per heavy atom. The van der Waals surface area contributed by atoms with Crippen molar-refractivity contribution < 1.29 is 0 Å². The summed E-state index contributed by atoms with van der Waals surface area (Å²) in [5.74, 6) is 1.88. The first kappa shape index (κ1) is 8.52. The highest BCUT2D eigenvalue weighted by Crippen LogP contribution is 2.18. The zero-order valence-corrected chi connectivity index (χ0v) is 8.05. The van der Waals surface area contributed by atoms with Gasteiger partial charge in [0.1, 0.15) is 0 Å². The van der Waals surface area contributed by atoms with Gasteiger partial charge in [0.05, 0.1) is 0 Å². The highest BCUT2D eigenvalue weighted by atomic mass is 15.1. The first-order valence-electron chi connectivity index (χ1n) is 5.27. The molecule has 2 rings (SSSR count). The van der Waals surface area contributed by atoms with Crippen molar-refractivity contribution in [2.24, 2.45) is 11.8 Å². The summed E-state index contributed by atoms with van der Waals surface area (Å²) in [6.07, 6.45) is 2.81. The smallest absolute Gasteiger partial charge is 0.00224 e. The lowest BCUT2D eigenvalue weighted by Crippen LogP contribution is -2.28. The van der Waals surface area contributed by atoms with Gasteiger partial charge < -0.3 is 10.2 Å². The Kier molecular flexibility index (Phi) is 2.66. The van der Waals surface area contributed by atoms with E-state index >= 15 is 0 Å². The Labute approximate surface area is 75.3 Å². The fourth-order valence-corrected chi connectivity index (χ4v) is 2.43. The van der Waals surface area contributed by atoms with Crippen LogP contribution in [-0.2, 0) is 0 Å². The normalized spacial score (nSPS) is 37.8. The molecule has 0 aromatic carbocycles. The lowest BCUT2D eigenvalue weighted by molar-refractivity contribution is 0.280. The van der Waals surface area contributed by atoms with E-state index in [-0.39, 0.29) is 0 Å². The average molecular weight is 168 g/mol. The molecule has 0 aromatic heterocycles. The Morgan fingerprint density at radius 2 is 2.33 bits per heavy atom. The molecule has 0 amide bonds. The van der Waals surface area contributed by atoms with E-state index < -0.39 is 0 Å². The van der Waals surface area contributed by atoms with Gasteiger partial charge in [0.15, 0.2) is 0 Å². The zero-order chi connectivity index (χ0) is 8.39. The van der Waals surface area contributed by atoms with Crippen LogP contribution in [0, 0.1) is 11.8 Å². The van der Waals surface area contributed by atoms with Crippen LogP contribution in [-0.4, -0.2) is 37.6 Å². The fourth-order valence-electron chi connectivity index (χ4n) is 2.43. The van der Waals surface area contributed by atoms with Gasteiger partial charge in [-0.25, -0.2) is 0 Å². The Balaban J connectivity index is 1.72. The summed E-state index contributed by atoms with van der Waals surface area (Å²) in [7, 11) is 0. The minimum atomic E-state index is 0.940. The molecule has 2 aliphatic heterocycles. The van der Waals surface area contributed by atoms with Crippen LogP contribution in [0.3, 0.4) is 0 Å². The van der Waals surface area contributed by atoms with Crippen molar-refractivity contribution in [2.75, 3.05) is 32.7 Å². The van der Waals surface area contributed by atoms with Crippen LogP contribution < -0.4 is 5.32 Å². The summed E-state index contributed by atoms with van der Waals surface area (Å²) >= 11 is 0. The zero-order valence-electron chi connectivity index (χ0n) is 8.05. The second-order valence-electron chi connectivity index (χ2n) is 4.51. The standard InChI is InChI=1S/C10H20N2/c1-9-3-5-12(7-9)8-10-2-4-11-6-10/h9-11H,2-8H2,1H3. The van der Waals surface area contributed by atoms with Gasteiger partial charge >= 0.3 is 0 Å². The molecule has 0 bridgehead atoms. The highest BCUT2D eigenvalue weighted by Gasteiger charge is 2.23. The highest BCUT2D eigenvalue weighted by molar-refractivity contribution is 4.79. The summed E-state index contributed by atoms with van der Waals surface area (Å²) < 4.78 is 0. The molecule has 70 valence electrons. The van der Waals surface area contributed by atoms with Crippen molar-refractivity contribution >= 4 is 0 Å². The molecule has 2 heteroatoms. The van der Waals surface area contributed by atoms with E-state index in [1.165, 1.54) is 45.6 Å². The SMILES string of the molecule is CC1CCN(CC2CCNC2)C1. The molecule has 0 saturated carbocycles. The van der Waals surface area contributed by atoms with E-state index in [1.807, 2.05) is 0 Å². The number of nitrogens with one attached hydrogen (secondary N) is 1. The van der Waals surface area contributed by atoms with Gasteiger partial charge in [-0.15, -0.1) is 0 Å². The summed E-state index contributed by atoms with van der Waals surface area (Å²) in [5.41, 5.74) is 0. The molecule has 2 heterocycles. The second kappa shape index (κ2) is 3.75. The van der Waals surface area contributed by atoms with Gasteiger partial charge in [-0.05, 0) is 44.3 Å². The van der Waals surface area contributed by atoms with Crippen LogP contribution >= 0.6 is 0 Å². The van der Waals surface area contributed by atoms with Crippen LogP contribution in [0.15, 0.2) is 0 Å². The molecule has 2 saturated heterocycles. The largest absolute Gasteiger partial charge is 0.316 e. The van der Waals surface area contributed by atoms with Gasteiger partial charge in [0, 0.05) is 13.1 Å². The molecular formula is C10H20N2. The van der Waals surface area contributed by atoms with Crippen molar-refractivity contribution in [2.45, 2.75) is 19.8 Å². The van der Waals surface area contributed by atoms with Crippen LogP contribution in [0.5, 0.6) is 0 Å². The van der Waals surface area contributed by atoms with Crippen LogP contribution in [0.1, 0.15) is 19.8 Å². The van der Waals surface area contributed by atoms with Gasteiger partial charge in [-0.2, -0.15) is 0 Å². The van der Waals surface area contributed by atoms with Gasteiger partial charge in [-0.1, -0.05) is 6.92 Å². The second-order valence-corrected chi connectivity index (χ2v) is 4.51. The summed E-state index contributed by atoms with van der Waals surface area (Å²) in [6.45, 7) is 8.90. The first-order valence-corrected chi connectivity index (χ1v) is 5.27. The lowest BCUT2D eigenvalue weighted by atomic mass is 10.1. The van der Waals surface area contributed by atoms with Crippen molar-refractivity contribution in [3.63, 3.8) is 0 Å². The van der Waals surface area contributed by atoms with Crippen LogP contribution in [0.4, 0.5) is 0 Å². The minimum Gasteiger partial charge on any atom is -0.316 e. The van der Waals surface area contributed by atoms with Crippen LogP contribution in [0.25, 0.3) is 0 Å². The van der Waals surface area contributed by atoms with Crippen molar-refractivity contribution in [3.05, 3.63) is 0 Å². The maximum atomic E-state index is 3.43. The Hall–Kier alpha value is -0.0800. The quantitative estimate of drug-likeness (QED) is 0.660. The predicted octanol–water partition coefficient (Wildman–Crippen LogP) is 0.938. The number of nitrogens with zero attached hydrogens (tertiary/aromatic N) is 1. The molecule has 12 heavy (non-hydrogen) atoms. The molecular weight excluding hydrogens is 148 g/mol. The average Bonchev–Trinajstić information content (AvgIpc) is 2.63. The third-order valence-electron chi connectivity index (χ3n) is 3.19. The topological polar surface area (TPSA) is 15.3 Å². The van der Waals surface area contributed by atoms with E-state index in [4.69, 9.17) is 0 Å². The van der Waals surface area contributed by atoms with Gasteiger partial charge in [0.2, 0.25) is 0 Å². The number of rotatable bonds is 2. The van der Waals surface area contributed by atoms with Crippen molar-refractivity contribution in [1.29, 1.82) is 0 Å². The maximum absolute atomic E-state index is 3.43. The van der Waals surface area contributed by atoms with E-state index in [2.05, 4.69) is 17.1 Å². The van der Waals surface area contributed by atoms with E-state index in [0.717, 1.165) is 11.8 Å². The Morgan fingerprint density at radius 3 is 2.92 bits per heavy atom. The van der Waals surface area contributed by atoms with Crippen molar-refractivity contribution in [1.82, 2.24) is 10.2 Å². The molecule has 1 N–H and O–H groups in total.